The van der Waals surface area contributed by atoms with Gasteiger partial charge < -0.3 is 9.84 Å². The molecule has 1 fully saturated rings. The number of carbonyl (C=O) groups is 2. The molecule has 1 aliphatic heterocycles. The fraction of sp³-hybridized carbons (Fsp3) is 0.333. The molecule has 1 aromatic carbocycles. The molecule has 108 valence electrons. The van der Waals surface area contributed by atoms with E-state index in [1.165, 1.54) is 19.2 Å². The van der Waals surface area contributed by atoms with Gasteiger partial charge in [0.15, 0.2) is 0 Å². The van der Waals surface area contributed by atoms with Crippen LogP contribution in [0.2, 0.25) is 0 Å². The van der Waals surface area contributed by atoms with Crippen LogP contribution >= 0.6 is 0 Å². The van der Waals surface area contributed by atoms with Crippen molar-refractivity contribution in [2.75, 3.05) is 23.7 Å². The fourth-order valence-electron chi connectivity index (χ4n) is 2.04. The van der Waals surface area contributed by atoms with Gasteiger partial charge in [0.1, 0.15) is 0 Å². The lowest BCUT2D eigenvalue weighted by molar-refractivity contribution is 0.0600. The minimum absolute atomic E-state index is 0.00417. The van der Waals surface area contributed by atoms with Crippen LogP contribution in [-0.2, 0) is 14.8 Å². The van der Waals surface area contributed by atoms with E-state index in [1.54, 1.807) is 0 Å². The van der Waals surface area contributed by atoms with Crippen LogP contribution in [0.4, 0.5) is 5.69 Å². The van der Waals surface area contributed by atoms with Crippen molar-refractivity contribution in [2.24, 2.45) is 0 Å². The lowest BCUT2D eigenvalue weighted by Gasteiger charge is -2.18. The number of anilines is 1. The van der Waals surface area contributed by atoms with Crippen LogP contribution in [0.25, 0.3) is 0 Å². The Morgan fingerprint density at radius 3 is 2.40 bits per heavy atom. The zero-order valence-electron chi connectivity index (χ0n) is 10.7. The van der Waals surface area contributed by atoms with E-state index >= 15 is 0 Å². The van der Waals surface area contributed by atoms with Gasteiger partial charge in [0.05, 0.1) is 29.7 Å². The van der Waals surface area contributed by atoms with Crippen molar-refractivity contribution in [3.63, 3.8) is 0 Å². The topological polar surface area (TPSA) is 101 Å². The Morgan fingerprint density at radius 1 is 1.25 bits per heavy atom. The number of aromatic carboxylic acids is 1. The van der Waals surface area contributed by atoms with E-state index in [4.69, 9.17) is 5.11 Å². The molecule has 7 nitrogen and oxygen atoms in total. The van der Waals surface area contributed by atoms with Gasteiger partial charge in [0.25, 0.3) is 0 Å². The van der Waals surface area contributed by atoms with Crippen molar-refractivity contribution < 1.29 is 27.9 Å². The molecule has 0 atom stereocenters. The number of sulfonamides is 1. The summed E-state index contributed by atoms with van der Waals surface area (Å²) in [7, 11) is -2.27. The first-order valence-electron chi connectivity index (χ1n) is 5.82. The summed E-state index contributed by atoms with van der Waals surface area (Å²) in [5, 5.41) is 9.04. The Hall–Kier alpha value is -2.09. The molecule has 1 aliphatic rings. The van der Waals surface area contributed by atoms with Crippen LogP contribution in [0.1, 0.15) is 27.1 Å². The van der Waals surface area contributed by atoms with Crippen molar-refractivity contribution in [3.05, 3.63) is 29.3 Å². The summed E-state index contributed by atoms with van der Waals surface area (Å²) in [5.41, 5.74) is 0.0114. The number of carboxylic acids is 1. The molecule has 0 aromatic heterocycles. The van der Waals surface area contributed by atoms with Crippen molar-refractivity contribution >= 4 is 27.6 Å². The predicted octanol–water partition coefficient (Wildman–Crippen LogP) is 0.711. The number of carboxylic acid groups (broad SMARTS) is 1. The van der Waals surface area contributed by atoms with Crippen LogP contribution < -0.4 is 4.31 Å². The van der Waals surface area contributed by atoms with Crippen LogP contribution in [0.5, 0.6) is 0 Å². The molecule has 0 bridgehead atoms. The largest absolute Gasteiger partial charge is 0.478 e. The molecule has 0 radical (unpaired) electrons. The number of methoxy groups -OCH3 is 1. The molecule has 1 heterocycles. The molecule has 0 saturated carbocycles. The molecular formula is C12H13NO6S. The maximum absolute atomic E-state index is 11.9. The fourth-order valence-corrected chi connectivity index (χ4v) is 3.59. The molecule has 0 spiro atoms. The SMILES string of the molecule is COC(=O)c1cc(C(=O)O)cc(N2CCCS2(=O)=O)c1. The number of carbonyl (C=O) groups excluding carboxylic acids is 1. The van der Waals surface area contributed by atoms with E-state index in [0.717, 1.165) is 10.4 Å². The molecule has 2 rings (SSSR count). The monoisotopic (exact) mass is 299 g/mol. The summed E-state index contributed by atoms with van der Waals surface area (Å²) in [5.74, 6) is -1.95. The number of ether oxygens (including phenoxy) is 1. The lowest BCUT2D eigenvalue weighted by Crippen LogP contribution is -2.25. The molecule has 1 saturated heterocycles. The smallest absolute Gasteiger partial charge is 0.337 e. The normalized spacial score (nSPS) is 16.9. The second kappa shape index (κ2) is 5.12. The molecule has 20 heavy (non-hydrogen) atoms. The third kappa shape index (κ3) is 2.60. The van der Waals surface area contributed by atoms with E-state index < -0.39 is 22.0 Å². The van der Waals surface area contributed by atoms with Crippen LogP contribution in [-0.4, -0.2) is 44.9 Å². The van der Waals surface area contributed by atoms with E-state index in [1.807, 2.05) is 0 Å². The first-order chi connectivity index (χ1) is 9.35. The highest BCUT2D eigenvalue weighted by atomic mass is 32.2. The van der Waals surface area contributed by atoms with Gasteiger partial charge in [-0.05, 0) is 24.6 Å². The van der Waals surface area contributed by atoms with Crippen molar-refractivity contribution in [1.82, 2.24) is 0 Å². The Labute approximate surface area is 115 Å². The summed E-state index contributed by atoms with van der Waals surface area (Å²) in [4.78, 5) is 22.6. The molecule has 1 aromatic rings. The van der Waals surface area contributed by atoms with Gasteiger partial charge in [-0.3, -0.25) is 4.31 Å². The lowest BCUT2D eigenvalue weighted by atomic mass is 10.1. The minimum Gasteiger partial charge on any atom is -0.478 e. The van der Waals surface area contributed by atoms with Crippen molar-refractivity contribution in [1.29, 1.82) is 0 Å². The summed E-state index contributed by atoms with van der Waals surface area (Å²) in [6, 6.07) is 3.71. The third-order valence-corrected chi connectivity index (χ3v) is 4.84. The number of rotatable bonds is 3. The summed E-state index contributed by atoms with van der Waals surface area (Å²) >= 11 is 0. The predicted molar refractivity (Wildman–Crippen MR) is 70.5 cm³/mol. The second-order valence-electron chi connectivity index (χ2n) is 4.31. The number of benzene rings is 1. The molecular weight excluding hydrogens is 286 g/mol. The molecule has 0 amide bonds. The van der Waals surface area contributed by atoms with Crippen molar-refractivity contribution in [2.45, 2.75) is 6.42 Å². The molecule has 0 unspecified atom stereocenters. The van der Waals surface area contributed by atoms with Crippen LogP contribution in [0.15, 0.2) is 18.2 Å². The van der Waals surface area contributed by atoms with E-state index in [-0.39, 0.29) is 29.1 Å². The quantitative estimate of drug-likeness (QED) is 0.825. The summed E-state index contributed by atoms with van der Waals surface area (Å²) < 4.78 is 29.4. The van der Waals surface area contributed by atoms with E-state index in [2.05, 4.69) is 4.74 Å². The van der Waals surface area contributed by atoms with Gasteiger partial charge in [-0.15, -0.1) is 0 Å². The first-order valence-corrected chi connectivity index (χ1v) is 7.43. The van der Waals surface area contributed by atoms with Crippen molar-refractivity contribution in [3.8, 4) is 0 Å². The zero-order valence-corrected chi connectivity index (χ0v) is 11.5. The van der Waals surface area contributed by atoms with Gasteiger partial charge in [0.2, 0.25) is 10.0 Å². The maximum atomic E-state index is 11.9. The van der Waals surface area contributed by atoms with Gasteiger partial charge in [-0.2, -0.15) is 0 Å². The maximum Gasteiger partial charge on any atom is 0.337 e. The number of nitrogens with zero attached hydrogens (tertiary/aromatic N) is 1. The second-order valence-corrected chi connectivity index (χ2v) is 6.32. The van der Waals surface area contributed by atoms with Gasteiger partial charge in [-0.25, -0.2) is 18.0 Å². The van der Waals surface area contributed by atoms with E-state index in [0.29, 0.717) is 6.42 Å². The van der Waals surface area contributed by atoms with Gasteiger partial charge >= 0.3 is 11.9 Å². The molecule has 1 N–H and O–H groups in total. The first kappa shape index (κ1) is 14.3. The number of esters is 1. The molecule has 8 heteroatoms. The Balaban J connectivity index is 2.55. The molecule has 0 aliphatic carbocycles. The zero-order chi connectivity index (χ0) is 14.9. The van der Waals surface area contributed by atoms with Gasteiger partial charge in [0, 0.05) is 6.54 Å². The summed E-state index contributed by atoms with van der Waals surface area (Å²) in [6.45, 7) is 0.270. The Kier molecular flexibility index (Phi) is 3.67. The summed E-state index contributed by atoms with van der Waals surface area (Å²) in [6.07, 6.45) is 0.465. The van der Waals surface area contributed by atoms with Gasteiger partial charge in [-0.1, -0.05) is 0 Å². The van der Waals surface area contributed by atoms with Crippen LogP contribution in [0, 0.1) is 0 Å². The third-order valence-electron chi connectivity index (χ3n) is 2.97. The average molecular weight is 299 g/mol. The Morgan fingerprint density at radius 2 is 1.90 bits per heavy atom. The standard InChI is InChI=1S/C12H13NO6S/c1-19-12(16)9-5-8(11(14)15)6-10(7-9)13-3-2-4-20(13,17)18/h5-7H,2-4H2,1H3,(H,14,15). The highest BCUT2D eigenvalue weighted by Crippen LogP contribution is 2.26. The highest BCUT2D eigenvalue weighted by molar-refractivity contribution is 7.93. The number of hydrogen-bond donors (Lipinski definition) is 1. The highest BCUT2D eigenvalue weighted by Gasteiger charge is 2.29. The average Bonchev–Trinajstić information content (AvgIpc) is 2.76. The number of hydrogen-bond acceptors (Lipinski definition) is 5. The van der Waals surface area contributed by atoms with E-state index in [9.17, 15) is 18.0 Å². The Bertz CT molecular complexity index is 667. The van der Waals surface area contributed by atoms with Crippen LogP contribution in [0.3, 0.4) is 0 Å². The minimum atomic E-state index is -3.44.